The van der Waals surface area contributed by atoms with Crippen molar-refractivity contribution < 1.29 is 4.74 Å². The molecule has 1 heterocycles. The number of ether oxygens (including phenoxy) is 1. The van der Waals surface area contributed by atoms with E-state index in [4.69, 9.17) is 4.74 Å². The van der Waals surface area contributed by atoms with Crippen LogP contribution in [0.4, 0.5) is 5.69 Å². The van der Waals surface area contributed by atoms with Crippen LogP contribution in [0.25, 0.3) is 0 Å². The third-order valence-corrected chi connectivity index (χ3v) is 3.40. The summed E-state index contributed by atoms with van der Waals surface area (Å²) < 4.78 is 6.06. The molecular weight excluding hydrogens is 238 g/mol. The largest absolute Gasteiger partial charge is 0.497 e. The Balaban J connectivity index is 2.14. The minimum absolute atomic E-state index is 0.837. The summed E-state index contributed by atoms with van der Waals surface area (Å²) >= 11 is 5.93. The molecule has 16 heavy (non-hydrogen) atoms. The highest BCUT2D eigenvalue weighted by Crippen LogP contribution is 2.21. The Hall–Kier alpha value is -1.26. The van der Waals surface area contributed by atoms with Crippen LogP contribution in [-0.4, -0.2) is 13.3 Å². The second-order valence-electron chi connectivity index (χ2n) is 3.14. The number of hydrogen-bond donors (Lipinski definition) is 1. The highest BCUT2D eigenvalue weighted by molar-refractivity contribution is 7.83. The summed E-state index contributed by atoms with van der Waals surface area (Å²) in [4.78, 5) is 4.36. The Labute approximate surface area is 104 Å². The molecule has 0 saturated carbocycles. The average molecular weight is 249 g/mol. The number of thiophene rings is 1. The maximum Gasteiger partial charge on any atom is 0.119 e. The van der Waals surface area contributed by atoms with Gasteiger partial charge in [0.05, 0.1) is 17.0 Å². The van der Waals surface area contributed by atoms with Gasteiger partial charge in [-0.3, -0.25) is 4.99 Å². The normalized spacial score (nSPS) is 10.9. The quantitative estimate of drug-likeness (QED) is 0.648. The zero-order valence-electron chi connectivity index (χ0n) is 8.75. The molecule has 4 heteroatoms. The molecule has 0 amide bonds. The Morgan fingerprint density at radius 2 is 2.00 bits per heavy atom. The minimum Gasteiger partial charge on any atom is -0.497 e. The average Bonchev–Trinajstić information content (AvgIpc) is 2.73. The van der Waals surface area contributed by atoms with Crippen molar-refractivity contribution in [3.05, 3.63) is 41.3 Å². The van der Waals surface area contributed by atoms with Crippen molar-refractivity contribution in [2.75, 3.05) is 7.11 Å². The summed E-state index contributed by atoms with van der Waals surface area (Å²) in [5, 5.41) is 2.00. The van der Waals surface area contributed by atoms with E-state index in [0.29, 0.717) is 0 Å². The molecular formula is C12H11NOS2. The lowest BCUT2D eigenvalue weighted by Crippen LogP contribution is -1.80. The fourth-order valence-electron chi connectivity index (χ4n) is 1.22. The minimum atomic E-state index is 0.837. The van der Waals surface area contributed by atoms with Gasteiger partial charge in [-0.05, 0) is 35.7 Å². The number of rotatable bonds is 3. The fourth-order valence-corrected chi connectivity index (χ4v) is 2.14. The van der Waals surface area contributed by atoms with Crippen LogP contribution in [0.2, 0.25) is 0 Å². The van der Waals surface area contributed by atoms with Crippen LogP contribution in [0.15, 0.2) is 44.9 Å². The molecule has 0 atom stereocenters. The molecule has 2 rings (SSSR count). The lowest BCUT2D eigenvalue weighted by molar-refractivity contribution is 0.415. The van der Waals surface area contributed by atoms with Crippen molar-refractivity contribution in [1.82, 2.24) is 0 Å². The van der Waals surface area contributed by atoms with E-state index in [-0.39, 0.29) is 0 Å². The van der Waals surface area contributed by atoms with Gasteiger partial charge in [-0.1, -0.05) is 0 Å². The summed E-state index contributed by atoms with van der Waals surface area (Å²) in [5.74, 6) is 0.837. The van der Waals surface area contributed by atoms with Gasteiger partial charge in [0.2, 0.25) is 0 Å². The highest BCUT2D eigenvalue weighted by Gasteiger charge is 1.96. The Morgan fingerprint density at radius 3 is 2.56 bits per heavy atom. The zero-order valence-corrected chi connectivity index (χ0v) is 10.5. The Kier molecular flexibility index (Phi) is 3.64. The number of hydrogen-bond acceptors (Lipinski definition) is 4. The molecule has 2 nitrogen and oxygen atoms in total. The maximum absolute atomic E-state index is 5.08. The molecule has 0 aliphatic heterocycles. The first kappa shape index (κ1) is 11.2. The smallest absolute Gasteiger partial charge is 0.119 e. The van der Waals surface area contributed by atoms with Crippen molar-refractivity contribution in [1.29, 1.82) is 0 Å². The van der Waals surface area contributed by atoms with Crippen molar-refractivity contribution >= 4 is 35.9 Å². The number of thiol groups is 1. The topological polar surface area (TPSA) is 21.6 Å². The van der Waals surface area contributed by atoms with Crippen LogP contribution >= 0.6 is 24.0 Å². The molecule has 0 aliphatic rings. The van der Waals surface area contributed by atoms with Crippen molar-refractivity contribution in [2.24, 2.45) is 4.99 Å². The van der Waals surface area contributed by atoms with Crippen molar-refractivity contribution in [2.45, 2.75) is 4.21 Å². The molecule has 0 spiro atoms. The first-order valence-corrected chi connectivity index (χ1v) is 6.07. The molecule has 0 radical (unpaired) electrons. The van der Waals surface area contributed by atoms with Gasteiger partial charge < -0.3 is 4.74 Å². The molecule has 0 N–H and O–H groups in total. The predicted molar refractivity (Wildman–Crippen MR) is 71.8 cm³/mol. The standard InChI is InChI=1S/C12H11NOS2/c1-14-11-4-2-10(3-5-11)13-8-9-6-7-16-12(9)15/h2-8,15H,1H3. The van der Waals surface area contributed by atoms with E-state index in [1.165, 1.54) is 0 Å². The number of nitrogens with zero attached hydrogens (tertiary/aromatic N) is 1. The monoisotopic (exact) mass is 249 g/mol. The molecule has 0 bridgehead atoms. The van der Waals surface area contributed by atoms with Gasteiger partial charge in [-0.2, -0.15) is 0 Å². The van der Waals surface area contributed by atoms with Gasteiger partial charge >= 0.3 is 0 Å². The third kappa shape index (κ3) is 2.65. The Bertz CT molecular complexity index is 488. The van der Waals surface area contributed by atoms with Gasteiger partial charge in [0, 0.05) is 11.8 Å². The Morgan fingerprint density at radius 1 is 1.25 bits per heavy atom. The highest BCUT2D eigenvalue weighted by atomic mass is 32.2. The van der Waals surface area contributed by atoms with Crippen molar-refractivity contribution in [3.63, 3.8) is 0 Å². The number of aliphatic imine (C=N–C) groups is 1. The second kappa shape index (κ2) is 5.18. The van der Waals surface area contributed by atoms with Crippen LogP contribution < -0.4 is 4.74 Å². The summed E-state index contributed by atoms with van der Waals surface area (Å²) in [6.07, 6.45) is 1.82. The number of methoxy groups -OCH3 is 1. The van der Waals surface area contributed by atoms with Crippen LogP contribution in [0.3, 0.4) is 0 Å². The third-order valence-electron chi connectivity index (χ3n) is 2.10. The lowest BCUT2D eigenvalue weighted by Gasteiger charge is -1.98. The first-order valence-electron chi connectivity index (χ1n) is 4.74. The predicted octanol–water partition coefficient (Wildman–Crippen LogP) is 3.80. The molecule has 2 aromatic rings. The van der Waals surface area contributed by atoms with E-state index < -0.39 is 0 Å². The van der Waals surface area contributed by atoms with E-state index in [9.17, 15) is 0 Å². The lowest BCUT2D eigenvalue weighted by atomic mass is 10.3. The maximum atomic E-state index is 5.08. The summed E-state index contributed by atoms with van der Waals surface area (Å²) in [6, 6.07) is 9.61. The van der Waals surface area contributed by atoms with Gasteiger partial charge in [0.25, 0.3) is 0 Å². The van der Waals surface area contributed by atoms with Gasteiger partial charge in [-0.15, -0.1) is 24.0 Å². The van der Waals surface area contributed by atoms with Crippen LogP contribution in [0, 0.1) is 0 Å². The molecule has 0 fully saturated rings. The molecule has 0 unspecified atom stereocenters. The second-order valence-corrected chi connectivity index (χ2v) is 4.80. The van der Waals surface area contributed by atoms with E-state index in [2.05, 4.69) is 17.6 Å². The molecule has 0 aliphatic carbocycles. The fraction of sp³-hybridized carbons (Fsp3) is 0.0833. The molecule has 1 aromatic carbocycles. The van der Waals surface area contributed by atoms with E-state index in [1.807, 2.05) is 41.9 Å². The van der Waals surface area contributed by atoms with E-state index in [1.54, 1.807) is 18.4 Å². The van der Waals surface area contributed by atoms with Gasteiger partial charge in [0.15, 0.2) is 0 Å². The van der Waals surface area contributed by atoms with Crippen LogP contribution in [0.1, 0.15) is 5.56 Å². The zero-order chi connectivity index (χ0) is 11.4. The first-order chi connectivity index (χ1) is 7.79. The number of benzene rings is 1. The summed E-state index contributed by atoms with van der Waals surface area (Å²) in [7, 11) is 1.65. The van der Waals surface area contributed by atoms with Gasteiger partial charge in [-0.25, -0.2) is 0 Å². The molecule has 1 aromatic heterocycles. The van der Waals surface area contributed by atoms with Crippen LogP contribution in [-0.2, 0) is 0 Å². The van der Waals surface area contributed by atoms with E-state index in [0.717, 1.165) is 21.2 Å². The summed E-state index contributed by atoms with van der Waals surface area (Å²) in [6.45, 7) is 0. The van der Waals surface area contributed by atoms with Gasteiger partial charge in [0.1, 0.15) is 5.75 Å². The van der Waals surface area contributed by atoms with Crippen LogP contribution in [0.5, 0.6) is 5.75 Å². The summed E-state index contributed by atoms with van der Waals surface area (Å²) in [5.41, 5.74) is 1.95. The molecule has 0 saturated heterocycles. The van der Waals surface area contributed by atoms with E-state index >= 15 is 0 Å². The SMILES string of the molecule is COc1ccc(N=Cc2ccsc2S)cc1. The van der Waals surface area contributed by atoms with Crippen molar-refractivity contribution in [3.8, 4) is 5.75 Å². The molecule has 82 valence electrons.